The summed E-state index contributed by atoms with van der Waals surface area (Å²) in [5, 5.41) is 0. The highest BCUT2D eigenvalue weighted by atomic mass is 16.2. The zero-order chi connectivity index (χ0) is 16.4. The molecule has 0 aliphatic heterocycles. The number of nitrogens with zero attached hydrogens (tertiary/aromatic N) is 1. The Hall–Kier alpha value is -2.40. The van der Waals surface area contributed by atoms with Gasteiger partial charge in [0.2, 0.25) is 0 Å². The number of carbonyl (C=O) groups excluding carboxylic acids is 1. The summed E-state index contributed by atoms with van der Waals surface area (Å²) >= 11 is 0. The summed E-state index contributed by atoms with van der Waals surface area (Å²) in [6.45, 7) is 7.87. The lowest BCUT2D eigenvalue weighted by molar-refractivity contribution is 0.0951. The van der Waals surface area contributed by atoms with Crippen molar-refractivity contribution in [1.82, 2.24) is 9.99 Å². The van der Waals surface area contributed by atoms with Crippen molar-refractivity contribution in [2.24, 2.45) is 5.84 Å². The molecule has 0 saturated carbocycles. The van der Waals surface area contributed by atoms with Gasteiger partial charge in [-0.15, -0.1) is 0 Å². The molecular weight excluding hydrogens is 278 g/mol. The SMILES string of the molecule is Cc1ccc(-c2ccc(C(=O)NN)c(=O)n2C(C)C)c(C)c1. The Morgan fingerprint density at radius 3 is 2.41 bits per heavy atom. The quantitative estimate of drug-likeness (QED) is 0.519. The number of hydrazine groups is 1. The van der Waals surface area contributed by atoms with Crippen LogP contribution in [0.5, 0.6) is 0 Å². The van der Waals surface area contributed by atoms with Gasteiger partial charge in [-0.1, -0.05) is 23.8 Å². The second-order valence-electron chi connectivity index (χ2n) is 5.69. The molecule has 0 bridgehead atoms. The smallest absolute Gasteiger partial charge is 0.270 e. The molecule has 2 rings (SSSR count). The van der Waals surface area contributed by atoms with Gasteiger partial charge >= 0.3 is 0 Å². The number of nitrogens with two attached hydrogens (primary N) is 1. The van der Waals surface area contributed by atoms with Crippen LogP contribution in [0.2, 0.25) is 0 Å². The number of nitrogen functional groups attached to an aromatic ring is 1. The Labute approximate surface area is 129 Å². The maximum absolute atomic E-state index is 12.6. The van der Waals surface area contributed by atoms with Gasteiger partial charge in [-0.25, -0.2) is 5.84 Å². The van der Waals surface area contributed by atoms with Crippen molar-refractivity contribution in [2.45, 2.75) is 33.7 Å². The van der Waals surface area contributed by atoms with E-state index in [0.29, 0.717) is 0 Å². The minimum Gasteiger partial charge on any atom is -0.305 e. The van der Waals surface area contributed by atoms with Gasteiger partial charge in [-0.2, -0.15) is 0 Å². The predicted octanol–water partition coefficient (Wildman–Crippen LogP) is 2.32. The van der Waals surface area contributed by atoms with Crippen molar-refractivity contribution < 1.29 is 4.79 Å². The van der Waals surface area contributed by atoms with Crippen LogP contribution in [0.4, 0.5) is 0 Å². The summed E-state index contributed by atoms with van der Waals surface area (Å²) in [5.74, 6) is 4.56. The van der Waals surface area contributed by atoms with E-state index in [9.17, 15) is 9.59 Å². The summed E-state index contributed by atoms with van der Waals surface area (Å²) in [5.41, 5.74) is 5.76. The maximum Gasteiger partial charge on any atom is 0.270 e. The first kappa shape index (κ1) is 16.0. The molecule has 0 aliphatic rings. The topological polar surface area (TPSA) is 77.1 Å². The van der Waals surface area contributed by atoms with Crippen molar-refractivity contribution in [3.63, 3.8) is 0 Å². The summed E-state index contributed by atoms with van der Waals surface area (Å²) < 4.78 is 1.63. The van der Waals surface area contributed by atoms with Crippen LogP contribution in [0.3, 0.4) is 0 Å². The second kappa shape index (κ2) is 6.15. The third kappa shape index (κ3) is 2.80. The first-order valence-electron chi connectivity index (χ1n) is 7.21. The van der Waals surface area contributed by atoms with Crippen molar-refractivity contribution in [2.75, 3.05) is 0 Å². The highest BCUT2D eigenvalue weighted by Gasteiger charge is 2.17. The number of pyridine rings is 1. The Balaban J connectivity index is 2.75. The lowest BCUT2D eigenvalue weighted by Crippen LogP contribution is -2.37. The number of aryl methyl sites for hydroxylation is 2. The Kier molecular flexibility index (Phi) is 4.47. The summed E-state index contributed by atoms with van der Waals surface area (Å²) in [7, 11) is 0. The van der Waals surface area contributed by atoms with Crippen LogP contribution < -0.4 is 16.8 Å². The van der Waals surface area contributed by atoms with Crippen LogP contribution in [0, 0.1) is 13.8 Å². The van der Waals surface area contributed by atoms with Gasteiger partial charge in [0, 0.05) is 11.6 Å². The Bertz CT molecular complexity index is 776. The summed E-state index contributed by atoms with van der Waals surface area (Å²) in [4.78, 5) is 24.3. The molecule has 22 heavy (non-hydrogen) atoms. The van der Waals surface area contributed by atoms with Crippen LogP contribution >= 0.6 is 0 Å². The van der Waals surface area contributed by atoms with E-state index >= 15 is 0 Å². The van der Waals surface area contributed by atoms with Gasteiger partial charge in [0.1, 0.15) is 5.56 Å². The molecule has 0 spiro atoms. The van der Waals surface area contributed by atoms with Gasteiger partial charge < -0.3 is 4.57 Å². The molecule has 0 unspecified atom stereocenters. The lowest BCUT2D eigenvalue weighted by atomic mass is 10.0. The van der Waals surface area contributed by atoms with E-state index in [2.05, 4.69) is 6.07 Å². The molecule has 1 aromatic carbocycles. The largest absolute Gasteiger partial charge is 0.305 e. The molecular formula is C17H21N3O2. The number of nitrogens with one attached hydrogen (secondary N) is 1. The van der Waals surface area contributed by atoms with Crippen molar-refractivity contribution in [3.05, 3.63) is 57.4 Å². The van der Waals surface area contributed by atoms with Crippen LogP contribution in [-0.2, 0) is 0 Å². The fourth-order valence-corrected chi connectivity index (χ4v) is 2.64. The van der Waals surface area contributed by atoms with Crippen LogP contribution in [-0.4, -0.2) is 10.5 Å². The number of hydrogen-bond acceptors (Lipinski definition) is 3. The second-order valence-corrected chi connectivity index (χ2v) is 5.69. The molecule has 1 heterocycles. The standard InChI is InChI=1S/C17H21N3O2/c1-10(2)20-15(13-6-5-11(3)9-12(13)4)8-7-14(17(20)22)16(21)19-18/h5-10H,18H2,1-4H3,(H,19,21). The van der Waals surface area contributed by atoms with Crippen molar-refractivity contribution >= 4 is 5.91 Å². The molecule has 0 atom stereocenters. The van der Waals surface area contributed by atoms with E-state index in [4.69, 9.17) is 5.84 Å². The molecule has 1 amide bonds. The third-order valence-corrected chi connectivity index (χ3v) is 3.67. The predicted molar refractivity (Wildman–Crippen MR) is 87.7 cm³/mol. The maximum atomic E-state index is 12.6. The fraction of sp³-hybridized carbons (Fsp3) is 0.294. The number of amides is 1. The number of carbonyl (C=O) groups is 1. The van der Waals surface area contributed by atoms with Gasteiger partial charge in [0.05, 0.1) is 5.69 Å². The molecule has 5 nitrogen and oxygen atoms in total. The van der Waals surface area contributed by atoms with Crippen molar-refractivity contribution in [1.29, 1.82) is 0 Å². The zero-order valence-corrected chi connectivity index (χ0v) is 13.3. The average molecular weight is 299 g/mol. The summed E-state index contributed by atoms with van der Waals surface area (Å²) in [6.07, 6.45) is 0. The zero-order valence-electron chi connectivity index (χ0n) is 13.3. The van der Waals surface area contributed by atoms with E-state index in [0.717, 1.165) is 16.8 Å². The molecule has 116 valence electrons. The van der Waals surface area contributed by atoms with E-state index < -0.39 is 5.91 Å². The van der Waals surface area contributed by atoms with Crippen molar-refractivity contribution in [3.8, 4) is 11.3 Å². The van der Waals surface area contributed by atoms with Crippen LogP contribution in [0.25, 0.3) is 11.3 Å². The third-order valence-electron chi connectivity index (χ3n) is 3.67. The van der Waals surface area contributed by atoms with Gasteiger partial charge in [0.25, 0.3) is 11.5 Å². The van der Waals surface area contributed by atoms with Gasteiger partial charge in [-0.05, 0) is 45.4 Å². The molecule has 1 aromatic heterocycles. The minimum absolute atomic E-state index is 0.0460. The lowest BCUT2D eigenvalue weighted by Gasteiger charge is -2.19. The molecule has 2 aromatic rings. The normalized spacial score (nSPS) is 10.8. The minimum atomic E-state index is -0.577. The highest BCUT2D eigenvalue weighted by molar-refractivity contribution is 5.93. The molecule has 0 fully saturated rings. The Morgan fingerprint density at radius 2 is 1.86 bits per heavy atom. The fourth-order valence-electron chi connectivity index (χ4n) is 2.64. The van der Waals surface area contributed by atoms with E-state index in [-0.39, 0.29) is 17.2 Å². The van der Waals surface area contributed by atoms with E-state index in [1.165, 1.54) is 11.6 Å². The number of rotatable bonds is 3. The first-order chi connectivity index (χ1) is 10.4. The number of benzene rings is 1. The molecule has 0 radical (unpaired) electrons. The highest BCUT2D eigenvalue weighted by Crippen LogP contribution is 2.25. The summed E-state index contributed by atoms with van der Waals surface area (Å²) in [6, 6.07) is 9.33. The Morgan fingerprint density at radius 1 is 1.18 bits per heavy atom. The first-order valence-corrected chi connectivity index (χ1v) is 7.21. The van der Waals surface area contributed by atoms with Crippen LogP contribution in [0.15, 0.2) is 35.1 Å². The van der Waals surface area contributed by atoms with Crippen LogP contribution in [0.1, 0.15) is 41.4 Å². The number of hydrogen-bond donors (Lipinski definition) is 2. The van der Waals surface area contributed by atoms with E-state index in [1.54, 1.807) is 10.6 Å². The van der Waals surface area contributed by atoms with Gasteiger partial charge in [0.15, 0.2) is 0 Å². The average Bonchev–Trinajstić information content (AvgIpc) is 2.45. The monoisotopic (exact) mass is 299 g/mol. The van der Waals surface area contributed by atoms with Gasteiger partial charge in [-0.3, -0.25) is 15.0 Å². The molecule has 5 heteroatoms. The molecule has 0 aliphatic carbocycles. The van der Waals surface area contributed by atoms with E-state index in [1.807, 2.05) is 45.3 Å². The molecule has 0 saturated heterocycles. The number of aromatic nitrogens is 1. The molecule has 3 N–H and O–H groups in total.